The number of hydrogen-bond donors (Lipinski definition) is 1. The van der Waals surface area contributed by atoms with Crippen LogP contribution in [0.3, 0.4) is 0 Å². The molecule has 0 aliphatic heterocycles. The van der Waals surface area contributed by atoms with Crippen molar-refractivity contribution in [3.05, 3.63) is 0 Å². The molecule has 0 fully saturated rings. The van der Waals surface area contributed by atoms with Gasteiger partial charge in [-0.25, -0.2) is 0 Å². The van der Waals surface area contributed by atoms with Crippen molar-refractivity contribution in [1.29, 1.82) is 5.26 Å². The summed E-state index contributed by atoms with van der Waals surface area (Å²) < 4.78 is 5.54. The molecule has 0 saturated heterocycles. The quantitative estimate of drug-likeness (QED) is 0.293. The van der Waals surface area contributed by atoms with Crippen LogP contribution in [-0.4, -0.2) is 24.9 Å². The van der Waals surface area contributed by atoms with Crippen molar-refractivity contribution in [1.82, 2.24) is 0 Å². The van der Waals surface area contributed by atoms with Crippen LogP contribution in [0.25, 0.3) is 0 Å². The number of aliphatic hydroxyl groups excluding tert-OH is 1. The molecule has 3 nitrogen and oxygen atoms in total. The molecule has 0 aromatic carbocycles. The first-order chi connectivity index (χ1) is 11.8. The van der Waals surface area contributed by atoms with Crippen molar-refractivity contribution >= 4 is 0 Å². The van der Waals surface area contributed by atoms with Gasteiger partial charge >= 0.3 is 0 Å². The summed E-state index contributed by atoms with van der Waals surface area (Å²) in [5.41, 5.74) is 0. The smallest absolute Gasteiger partial charge is 0.0626 e. The standard InChI is InChI=1S/C21H41NO2/c1-2-3-4-5-6-7-8-9-10-11-12-13-14-15-18-24-20-21(19-23)16-17-22/h21,23H,2-16,18-20H2,1H3. The lowest BCUT2D eigenvalue weighted by Gasteiger charge is -2.10. The van der Waals surface area contributed by atoms with Crippen molar-refractivity contribution in [2.75, 3.05) is 19.8 Å². The number of nitrogens with zero attached hydrogens (tertiary/aromatic N) is 1. The lowest BCUT2D eigenvalue weighted by Crippen LogP contribution is -2.13. The van der Waals surface area contributed by atoms with Gasteiger partial charge in [0.15, 0.2) is 0 Å². The number of aliphatic hydroxyl groups is 1. The molecule has 1 N–H and O–H groups in total. The van der Waals surface area contributed by atoms with Crippen molar-refractivity contribution in [2.45, 2.75) is 103 Å². The first-order valence-corrected chi connectivity index (χ1v) is 10.4. The van der Waals surface area contributed by atoms with Crippen LogP contribution in [0.15, 0.2) is 0 Å². The molecular formula is C21H41NO2. The molecule has 1 unspecified atom stereocenters. The Morgan fingerprint density at radius 2 is 1.25 bits per heavy atom. The average Bonchev–Trinajstić information content (AvgIpc) is 2.60. The van der Waals surface area contributed by atoms with Gasteiger partial charge in [-0.2, -0.15) is 5.26 Å². The topological polar surface area (TPSA) is 53.2 Å². The first kappa shape index (κ1) is 23.4. The Morgan fingerprint density at radius 1 is 0.792 bits per heavy atom. The Morgan fingerprint density at radius 3 is 1.67 bits per heavy atom. The van der Waals surface area contributed by atoms with Crippen LogP contribution in [0.2, 0.25) is 0 Å². The second kappa shape index (κ2) is 20.5. The van der Waals surface area contributed by atoms with Gasteiger partial charge in [0.2, 0.25) is 0 Å². The highest BCUT2D eigenvalue weighted by Gasteiger charge is 2.06. The third-order valence-corrected chi connectivity index (χ3v) is 4.63. The zero-order valence-electron chi connectivity index (χ0n) is 16.1. The predicted octanol–water partition coefficient (Wildman–Crippen LogP) is 6.01. The van der Waals surface area contributed by atoms with E-state index in [1.54, 1.807) is 0 Å². The van der Waals surface area contributed by atoms with Gasteiger partial charge in [-0.3, -0.25) is 0 Å². The summed E-state index contributed by atoms with van der Waals surface area (Å²) >= 11 is 0. The Labute approximate surface area is 150 Å². The maximum Gasteiger partial charge on any atom is 0.0626 e. The molecule has 24 heavy (non-hydrogen) atoms. The van der Waals surface area contributed by atoms with E-state index in [1.165, 1.54) is 83.5 Å². The van der Waals surface area contributed by atoms with Gasteiger partial charge in [0, 0.05) is 25.6 Å². The van der Waals surface area contributed by atoms with E-state index in [0.29, 0.717) is 13.0 Å². The lowest BCUT2D eigenvalue weighted by molar-refractivity contribution is 0.0723. The highest BCUT2D eigenvalue weighted by Crippen LogP contribution is 2.13. The van der Waals surface area contributed by atoms with Crippen molar-refractivity contribution in [3.63, 3.8) is 0 Å². The van der Waals surface area contributed by atoms with E-state index in [4.69, 9.17) is 15.1 Å². The number of rotatable bonds is 19. The molecule has 0 rings (SSSR count). The monoisotopic (exact) mass is 339 g/mol. The van der Waals surface area contributed by atoms with Crippen LogP contribution in [0, 0.1) is 17.2 Å². The molecule has 0 spiro atoms. The highest BCUT2D eigenvalue weighted by atomic mass is 16.5. The number of ether oxygens (including phenoxy) is 1. The van der Waals surface area contributed by atoms with Crippen LogP contribution in [-0.2, 0) is 4.74 Å². The molecule has 0 aromatic heterocycles. The molecule has 0 radical (unpaired) electrons. The van der Waals surface area contributed by atoms with E-state index >= 15 is 0 Å². The summed E-state index contributed by atoms with van der Waals surface area (Å²) in [5.74, 6) is -0.0124. The Kier molecular flexibility index (Phi) is 20.0. The second-order valence-corrected chi connectivity index (χ2v) is 7.08. The molecule has 0 amide bonds. The molecule has 0 aliphatic rings. The fourth-order valence-electron chi connectivity index (χ4n) is 2.95. The molecule has 0 saturated carbocycles. The zero-order chi connectivity index (χ0) is 17.7. The molecule has 0 aromatic rings. The number of unbranched alkanes of at least 4 members (excludes halogenated alkanes) is 13. The van der Waals surface area contributed by atoms with Crippen LogP contribution in [0.1, 0.15) is 103 Å². The minimum absolute atomic E-state index is 0.0124. The number of nitriles is 1. The second-order valence-electron chi connectivity index (χ2n) is 7.08. The van der Waals surface area contributed by atoms with Crippen molar-refractivity contribution in [2.24, 2.45) is 5.92 Å². The third-order valence-electron chi connectivity index (χ3n) is 4.63. The summed E-state index contributed by atoms with van der Waals surface area (Å²) in [5, 5.41) is 17.6. The average molecular weight is 340 g/mol. The number of hydrogen-bond acceptors (Lipinski definition) is 3. The molecule has 3 heteroatoms. The van der Waals surface area contributed by atoms with Gasteiger partial charge in [-0.15, -0.1) is 0 Å². The minimum atomic E-state index is -0.0124. The Hall–Kier alpha value is -0.590. The van der Waals surface area contributed by atoms with Crippen LogP contribution in [0.4, 0.5) is 0 Å². The van der Waals surface area contributed by atoms with Gasteiger partial charge in [0.1, 0.15) is 0 Å². The molecule has 0 bridgehead atoms. The van der Waals surface area contributed by atoms with Gasteiger partial charge in [0.25, 0.3) is 0 Å². The van der Waals surface area contributed by atoms with Crippen LogP contribution in [0.5, 0.6) is 0 Å². The predicted molar refractivity (Wildman–Crippen MR) is 102 cm³/mol. The maximum atomic E-state index is 9.05. The van der Waals surface area contributed by atoms with Gasteiger partial charge in [0.05, 0.1) is 12.7 Å². The fourth-order valence-corrected chi connectivity index (χ4v) is 2.95. The van der Waals surface area contributed by atoms with E-state index < -0.39 is 0 Å². The molecule has 142 valence electrons. The SMILES string of the molecule is CCCCCCCCCCCCCCCCOCC(CO)CC#N. The molecule has 0 aliphatic carbocycles. The van der Waals surface area contributed by atoms with Crippen LogP contribution >= 0.6 is 0 Å². The van der Waals surface area contributed by atoms with Gasteiger partial charge < -0.3 is 9.84 Å². The summed E-state index contributed by atoms with van der Waals surface area (Å²) in [7, 11) is 0. The summed E-state index contributed by atoms with van der Waals surface area (Å²) in [6.07, 6.45) is 19.5. The van der Waals surface area contributed by atoms with Gasteiger partial charge in [-0.05, 0) is 6.42 Å². The zero-order valence-corrected chi connectivity index (χ0v) is 16.1. The molecule has 0 heterocycles. The maximum absolute atomic E-state index is 9.05. The van der Waals surface area contributed by atoms with Crippen LogP contribution < -0.4 is 0 Å². The van der Waals surface area contributed by atoms with Gasteiger partial charge in [-0.1, -0.05) is 90.4 Å². The largest absolute Gasteiger partial charge is 0.396 e. The fraction of sp³-hybridized carbons (Fsp3) is 0.952. The van der Waals surface area contributed by atoms with E-state index in [0.717, 1.165) is 13.0 Å². The van der Waals surface area contributed by atoms with E-state index in [9.17, 15) is 0 Å². The molecular weight excluding hydrogens is 298 g/mol. The lowest BCUT2D eigenvalue weighted by atomic mass is 10.0. The Bertz CT molecular complexity index is 276. The van der Waals surface area contributed by atoms with E-state index in [-0.39, 0.29) is 12.5 Å². The summed E-state index contributed by atoms with van der Waals surface area (Å²) in [4.78, 5) is 0. The normalized spacial score (nSPS) is 12.2. The van der Waals surface area contributed by atoms with E-state index in [1.807, 2.05) is 0 Å². The summed E-state index contributed by atoms with van der Waals surface area (Å²) in [6.45, 7) is 3.60. The first-order valence-electron chi connectivity index (χ1n) is 10.4. The summed E-state index contributed by atoms with van der Waals surface area (Å²) in [6, 6.07) is 2.08. The van der Waals surface area contributed by atoms with Crippen molar-refractivity contribution in [3.8, 4) is 6.07 Å². The Balaban J connectivity index is 3.09. The highest BCUT2D eigenvalue weighted by molar-refractivity contribution is 4.74. The van der Waals surface area contributed by atoms with E-state index in [2.05, 4.69) is 13.0 Å². The molecule has 1 atom stereocenters. The minimum Gasteiger partial charge on any atom is -0.396 e. The third kappa shape index (κ3) is 17.8. The van der Waals surface area contributed by atoms with Crippen molar-refractivity contribution < 1.29 is 9.84 Å².